The molecule has 2 N–H and O–H groups in total. The van der Waals surface area contributed by atoms with Crippen molar-refractivity contribution >= 4 is 46.6 Å². The van der Waals surface area contributed by atoms with E-state index in [2.05, 4.69) is 47.0 Å². The third kappa shape index (κ3) is 7.49. The Bertz CT molecular complexity index is 2490. The lowest BCUT2D eigenvalue weighted by molar-refractivity contribution is -0.136. The van der Waals surface area contributed by atoms with Crippen LogP contribution in [0.1, 0.15) is 85.8 Å². The molecule has 4 fully saturated rings. The Balaban J connectivity index is 0.796. The smallest absolute Gasteiger partial charge is 0.255 e. The van der Waals surface area contributed by atoms with Crippen LogP contribution < -0.4 is 31.3 Å². The summed E-state index contributed by atoms with van der Waals surface area (Å²) in [4.78, 5) is 77.2. The van der Waals surface area contributed by atoms with E-state index >= 15 is 0 Å². The highest BCUT2D eigenvalue weighted by atomic mass is 16.3. The molecule has 9 rings (SSSR count). The highest BCUT2D eigenvalue weighted by Crippen LogP contribution is 2.34. The number of imide groups is 1. The van der Waals surface area contributed by atoms with Gasteiger partial charge in [0.2, 0.25) is 11.8 Å². The molecule has 1 saturated carbocycles. The molecule has 1 aromatic heterocycles. The average molecular weight is 799 g/mol. The number of piperidine rings is 2. The molecule has 3 amide bonds. The molecule has 15 heteroatoms. The SMILES string of the molecule is C/C(O)=c1/c(C)c2cnc(=Nc3ccc(N4CCN(CC5CCN(c6ccc7c(c6)CN(C6CCC(=O)NC6=O)C7=O)CC5)CC4)cn3)nc-2n(C2CCCC2)c1=C=O. The minimum atomic E-state index is -0.601. The Morgan fingerprint density at radius 3 is 2.34 bits per heavy atom. The first-order valence-corrected chi connectivity index (χ1v) is 21.0. The second kappa shape index (κ2) is 16.0. The third-order valence-electron chi connectivity index (χ3n) is 13.1. The summed E-state index contributed by atoms with van der Waals surface area (Å²) in [5.74, 6) is 3.12. The molecule has 6 aliphatic heterocycles. The van der Waals surface area contributed by atoms with E-state index in [0.717, 1.165) is 112 Å². The first-order valence-electron chi connectivity index (χ1n) is 21.0. The van der Waals surface area contributed by atoms with Crippen molar-refractivity contribution in [2.45, 2.75) is 83.8 Å². The molecule has 0 spiro atoms. The molecule has 1 unspecified atom stereocenters. The van der Waals surface area contributed by atoms with Crippen molar-refractivity contribution in [2.75, 3.05) is 55.6 Å². The largest absolute Gasteiger partial charge is 0.512 e. The van der Waals surface area contributed by atoms with Gasteiger partial charge in [-0.15, -0.1) is 0 Å². The van der Waals surface area contributed by atoms with Gasteiger partial charge in [0.1, 0.15) is 17.2 Å². The maximum Gasteiger partial charge on any atom is 0.255 e. The number of aliphatic hydroxyl groups excluding tert-OH is 1. The Hall–Kier alpha value is -5.92. The van der Waals surface area contributed by atoms with Gasteiger partial charge in [-0.2, -0.15) is 9.98 Å². The molecule has 1 aromatic carbocycles. The van der Waals surface area contributed by atoms with Crippen LogP contribution in [0.2, 0.25) is 0 Å². The van der Waals surface area contributed by atoms with Gasteiger partial charge >= 0.3 is 0 Å². The fourth-order valence-electron chi connectivity index (χ4n) is 9.88. The van der Waals surface area contributed by atoms with Crippen LogP contribution in [0.15, 0.2) is 47.7 Å². The molecule has 1 aliphatic carbocycles. The van der Waals surface area contributed by atoms with Crippen LogP contribution in [-0.4, -0.2) is 110 Å². The van der Waals surface area contributed by atoms with Gasteiger partial charge in [-0.05, 0) is 93.3 Å². The van der Waals surface area contributed by atoms with Crippen molar-refractivity contribution in [3.8, 4) is 11.4 Å². The number of fused-ring (bicyclic) bond motifs is 2. The number of aromatic nitrogens is 4. The lowest BCUT2D eigenvalue weighted by Crippen LogP contribution is -2.52. The monoisotopic (exact) mass is 798 g/mol. The van der Waals surface area contributed by atoms with Gasteiger partial charge < -0.3 is 24.4 Å². The fraction of sp³-hybridized carbons (Fsp3) is 0.477. The van der Waals surface area contributed by atoms with Crippen molar-refractivity contribution in [3.05, 3.63) is 75.6 Å². The zero-order valence-corrected chi connectivity index (χ0v) is 33.7. The minimum absolute atomic E-state index is 0.0730. The van der Waals surface area contributed by atoms with Crippen molar-refractivity contribution < 1.29 is 24.3 Å². The standard InChI is InChI=1S/C44H50N10O5/c1-27-35-23-46-44(49-41(35)54(31-5-3-4-6-31)37(26-55)40(27)28(2)56)47-38-11-8-33(22-45-38)52-19-17-50(18-20-52)24-29-13-15-51(16-14-29)32-7-9-34-30(21-32)25-53(43(34)59)36-10-12-39(57)48-42(36)58/h7-9,11,21-23,29,31,36,56H,3-6,10,12-20,24-25H2,1-2H3,(H,48,57,58)/b40-28+,47-44?. The van der Waals surface area contributed by atoms with Crippen LogP contribution in [0.4, 0.5) is 17.2 Å². The number of hydrogen-bond acceptors (Lipinski definition) is 12. The predicted octanol–water partition coefficient (Wildman–Crippen LogP) is 2.42. The Morgan fingerprint density at radius 2 is 1.64 bits per heavy atom. The summed E-state index contributed by atoms with van der Waals surface area (Å²) in [7, 11) is 0. The normalized spacial score (nSPS) is 21.7. The van der Waals surface area contributed by atoms with E-state index in [1.54, 1.807) is 18.0 Å². The van der Waals surface area contributed by atoms with Gasteiger partial charge in [0, 0.05) is 87.8 Å². The van der Waals surface area contributed by atoms with Gasteiger partial charge in [0.05, 0.1) is 22.9 Å². The molecule has 1 atom stereocenters. The Kier molecular flexibility index (Phi) is 10.5. The molecule has 15 nitrogen and oxygen atoms in total. The highest BCUT2D eigenvalue weighted by molar-refractivity contribution is 6.05. The van der Waals surface area contributed by atoms with Gasteiger partial charge in [-0.1, -0.05) is 12.8 Å². The first kappa shape index (κ1) is 38.6. The summed E-state index contributed by atoms with van der Waals surface area (Å²) in [5.41, 5.74) is 5.53. The zero-order valence-electron chi connectivity index (χ0n) is 33.7. The van der Waals surface area contributed by atoms with E-state index in [1.165, 1.54) is 0 Å². The molecular formula is C44H50N10O5. The van der Waals surface area contributed by atoms with E-state index in [-0.39, 0.29) is 41.6 Å². The number of nitrogens with one attached hydrogen (secondary N) is 1. The predicted molar refractivity (Wildman–Crippen MR) is 220 cm³/mol. The molecule has 3 saturated heterocycles. The molecule has 7 aliphatic rings. The van der Waals surface area contributed by atoms with Crippen molar-refractivity contribution in [1.29, 1.82) is 0 Å². The second-order valence-electron chi connectivity index (χ2n) is 16.7. The van der Waals surface area contributed by atoms with Gasteiger partial charge in [0.25, 0.3) is 11.5 Å². The van der Waals surface area contributed by atoms with Crippen molar-refractivity contribution in [3.63, 3.8) is 0 Å². The van der Waals surface area contributed by atoms with Crippen LogP contribution in [0.3, 0.4) is 0 Å². The number of hydrogen-bond donors (Lipinski definition) is 2. The summed E-state index contributed by atoms with van der Waals surface area (Å²) in [6, 6.07) is 9.46. The number of pyridine rings is 2. The summed E-state index contributed by atoms with van der Waals surface area (Å²) < 4.78 is 1.93. The fourth-order valence-corrected chi connectivity index (χ4v) is 9.88. The summed E-state index contributed by atoms with van der Waals surface area (Å²) in [5, 5.41) is 13.7. The van der Waals surface area contributed by atoms with Crippen LogP contribution in [0.25, 0.3) is 17.1 Å². The number of rotatable bonds is 7. The zero-order chi connectivity index (χ0) is 40.8. The number of piperazine rings is 1. The summed E-state index contributed by atoms with van der Waals surface area (Å²) in [6.45, 7) is 10.6. The topological polar surface area (TPSA) is 169 Å². The third-order valence-corrected chi connectivity index (χ3v) is 13.1. The number of amides is 3. The summed E-state index contributed by atoms with van der Waals surface area (Å²) >= 11 is 0. The highest BCUT2D eigenvalue weighted by Gasteiger charge is 2.39. The van der Waals surface area contributed by atoms with Crippen LogP contribution in [0, 0.1) is 12.8 Å². The molecular weight excluding hydrogens is 749 g/mol. The number of benzene rings is 1. The Labute approximate surface area is 342 Å². The van der Waals surface area contributed by atoms with E-state index in [1.807, 2.05) is 42.0 Å². The molecule has 7 heterocycles. The molecule has 2 aromatic rings. The second-order valence-corrected chi connectivity index (χ2v) is 16.7. The minimum Gasteiger partial charge on any atom is -0.512 e. The quantitative estimate of drug-likeness (QED) is 0.264. The van der Waals surface area contributed by atoms with Crippen molar-refractivity contribution in [1.82, 2.24) is 34.6 Å². The van der Waals surface area contributed by atoms with Crippen LogP contribution in [0.5, 0.6) is 0 Å². The molecule has 59 heavy (non-hydrogen) atoms. The average Bonchev–Trinajstić information content (AvgIpc) is 3.89. The number of aliphatic hydroxyl groups is 1. The first-order chi connectivity index (χ1) is 28.6. The van der Waals surface area contributed by atoms with Gasteiger partial charge in [-0.3, -0.25) is 24.6 Å². The van der Waals surface area contributed by atoms with Crippen LogP contribution >= 0.6 is 0 Å². The molecule has 306 valence electrons. The van der Waals surface area contributed by atoms with Crippen LogP contribution in [-0.2, 0) is 20.9 Å². The molecule has 0 bridgehead atoms. The van der Waals surface area contributed by atoms with E-state index < -0.39 is 6.04 Å². The Morgan fingerprint density at radius 1 is 0.898 bits per heavy atom. The number of carbonyl (C=O) groups excluding carboxylic acids is 4. The van der Waals surface area contributed by atoms with Crippen molar-refractivity contribution in [2.24, 2.45) is 10.9 Å². The summed E-state index contributed by atoms with van der Waals surface area (Å²) in [6.07, 6.45) is 10.4. The van der Waals surface area contributed by atoms with E-state index in [0.29, 0.717) is 46.7 Å². The van der Waals surface area contributed by atoms with E-state index in [9.17, 15) is 24.3 Å². The number of anilines is 2. The number of nitrogens with zero attached hydrogens (tertiary/aromatic N) is 9. The maximum absolute atomic E-state index is 13.2. The number of carbonyl (C=O) groups is 3. The molecule has 0 radical (unpaired) electrons. The lowest BCUT2D eigenvalue weighted by Gasteiger charge is -2.40. The maximum atomic E-state index is 13.2. The lowest BCUT2D eigenvalue weighted by atomic mass is 9.95. The van der Waals surface area contributed by atoms with E-state index in [4.69, 9.17) is 4.98 Å². The van der Waals surface area contributed by atoms with Gasteiger partial charge in [-0.25, -0.2) is 14.8 Å². The van der Waals surface area contributed by atoms with Gasteiger partial charge in [0.15, 0.2) is 11.8 Å².